The number of benzene rings is 2. The smallest absolute Gasteiger partial charge is 0.330 e. The van der Waals surface area contributed by atoms with Gasteiger partial charge in [-0.3, -0.25) is 0 Å². The lowest BCUT2D eigenvalue weighted by atomic mass is 9.95. The van der Waals surface area contributed by atoms with Gasteiger partial charge in [-0.05, 0) is 29.8 Å². The van der Waals surface area contributed by atoms with Crippen molar-refractivity contribution in [2.75, 3.05) is 5.32 Å². The maximum atomic E-state index is 12.0. The second kappa shape index (κ2) is 8.09. The molecule has 5 nitrogen and oxygen atoms in total. The molecule has 0 aliphatic heterocycles. The third-order valence-electron chi connectivity index (χ3n) is 4.31. The summed E-state index contributed by atoms with van der Waals surface area (Å²) >= 11 is 0. The first-order chi connectivity index (χ1) is 12.7. The van der Waals surface area contributed by atoms with Gasteiger partial charge in [0.25, 0.3) is 0 Å². The van der Waals surface area contributed by atoms with Crippen molar-refractivity contribution >= 4 is 24.9 Å². The Labute approximate surface area is 160 Å². The van der Waals surface area contributed by atoms with Crippen LogP contribution in [0.3, 0.4) is 0 Å². The third kappa shape index (κ3) is 4.56. The Morgan fingerprint density at radius 2 is 1.89 bits per heavy atom. The molecule has 0 amide bonds. The molecule has 0 aliphatic rings. The summed E-state index contributed by atoms with van der Waals surface area (Å²) < 4.78 is 0. The minimum absolute atomic E-state index is 0.256. The Kier molecular flexibility index (Phi) is 6.07. The molecule has 0 saturated heterocycles. The van der Waals surface area contributed by atoms with E-state index < -0.39 is 20.1 Å². The zero-order chi connectivity index (χ0) is 20.2. The van der Waals surface area contributed by atoms with Gasteiger partial charge in [-0.25, -0.2) is 4.79 Å². The van der Waals surface area contributed by atoms with E-state index in [4.69, 9.17) is 11.7 Å². The molecule has 0 aromatic heterocycles. The van der Waals surface area contributed by atoms with Gasteiger partial charge in [0.05, 0.1) is 26.3 Å². The number of hydrogen-bond acceptors (Lipinski definition) is 4. The number of rotatable bonds is 6. The zero-order valence-corrected chi connectivity index (χ0v) is 16.6. The summed E-state index contributed by atoms with van der Waals surface area (Å²) in [5, 5.41) is 32.5. The van der Waals surface area contributed by atoms with E-state index in [2.05, 4.69) is 30.9 Å². The van der Waals surface area contributed by atoms with Crippen molar-refractivity contribution in [2.45, 2.75) is 32.3 Å². The van der Waals surface area contributed by atoms with Gasteiger partial charge in [0.2, 0.25) is 0 Å². The van der Waals surface area contributed by atoms with Crippen molar-refractivity contribution < 1.29 is 15.0 Å². The molecule has 0 saturated carbocycles. The molecule has 27 heavy (non-hydrogen) atoms. The number of aliphatic hydroxyl groups excluding tert-OH is 1. The highest BCUT2D eigenvalue weighted by Gasteiger charge is 2.27. The van der Waals surface area contributed by atoms with E-state index in [1.165, 1.54) is 0 Å². The maximum Gasteiger partial charge on any atom is 0.330 e. The van der Waals surface area contributed by atoms with E-state index in [0.717, 1.165) is 5.19 Å². The number of anilines is 1. The van der Waals surface area contributed by atoms with Gasteiger partial charge in [0.15, 0.2) is 6.04 Å². The normalized spacial score (nSPS) is 11.9. The van der Waals surface area contributed by atoms with Crippen LogP contribution in [-0.2, 0) is 11.4 Å². The second-order valence-corrected chi connectivity index (χ2v) is 12.3. The van der Waals surface area contributed by atoms with Crippen LogP contribution >= 0.6 is 0 Å². The van der Waals surface area contributed by atoms with Gasteiger partial charge < -0.3 is 15.5 Å². The van der Waals surface area contributed by atoms with Crippen LogP contribution in [0.2, 0.25) is 19.6 Å². The first kappa shape index (κ1) is 20.3. The molecule has 0 bridgehead atoms. The van der Waals surface area contributed by atoms with Crippen LogP contribution in [0, 0.1) is 23.7 Å². The number of aliphatic hydroxyl groups is 1. The zero-order valence-electron chi connectivity index (χ0n) is 15.6. The van der Waals surface area contributed by atoms with E-state index in [9.17, 15) is 15.0 Å². The molecule has 6 heteroatoms. The van der Waals surface area contributed by atoms with Crippen LogP contribution < -0.4 is 10.5 Å². The van der Waals surface area contributed by atoms with Gasteiger partial charge in [0.1, 0.15) is 0 Å². The summed E-state index contributed by atoms with van der Waals surface area (Å²) in [4.78, 5) is 12.0. The standard InChI is InChI=1S/C21H22N2O3Si/c1-5-18-15(13-24)10-17(27(2,3)4)11-19(18)20(21(25)26)23-16-8-6-14(12-22)7-9-16/h1,6-11,20,23-24H,13H2,2-4H3,(H,25,26). The predicted octanol–water partition coefficient (Wildman–Crippen LogP) is 2.81. The number of hydrogen-bond donors (Lipinski definition) is 3. The molecule has 0 fully saturated rings. The van der Waals surface area contributed by atoms with Gasteiger partial charge in [0, 0.05) is 16.8 Å². The minimum Gasteiger partial charge on any atom is -0.479 e. The summed E-state index contributed by atoms with van der Waals surface area (Å²) in [5.41, 5.74) is 2.46. The number of nitriles is 1. The van der Waals surface area contributed by atoms with Gasteiger partial charge in [-0.15, -0.1) is 6.42 Å². The largest absolute Gasteiger partial charge is 0.479 e. The summed E-state index contributed by atoms with van der Waals surface area (Å²) in [6, 6.07) is 11.2. The van der Waals surface area contributed by atoms with Crippen LogP contribution in [0.4, 0.5) is 5.69 Å². The van der Waals surface area contributed by atoms with E-state index in [-0.39, 0.29) is 6.61 Å². The highest BCUT2D eigenvalue weighted by Crippen LogP contribution is 2.26. The van der Waals surface area contributed by atoms with Crippen molar-refractivity contribution in [3.63, 3.8) is 0 Å². The Balaban J connectivity index is 2.59. The van der Waals surface area contributed by atoms with E-state index in [0.29, 0.717) is 27.9 Å². The van der Waals surface area contributed by atoms with Crippen molar-refractivity contribution in [2.24, 2.45) is 0 Å². The molecule has 1 atom stereocenters. The Morgan fingerprint density at radius 1 is 1.26 bits per heavy atom. The number of nitrogens with zero attached hydrogens (tertiary/aromatic N) is 1. The van der Waals surface area contributed by atoms with E-state index in [1.807, 2.05) is 18.2 Å². The molecule has 3 N–H and O–H groups in total. The molecule has 138 valence electrons. The number of carboxylic acid groups (broad SMARTS) is 1. The van der Waals surface area contributed by atoms with Crippen molar-refractivity contribution in [1.82, 2.24) is 0 Å². The van der Waals surface area contributed by atoms with Crippen LogP contribution in [-0.4, -0.2) is 24.3 Å². The van der Waals surface area contributed by atoms with Crippen molar-refractivity contribution in [1.29, 1.82) is 5.26 Å². The Hall–Kier alpha value is -3.06. The number of carbonyl (C=O) groups is 1. The molecule has 0 aliphatic carbocycles. The molecule has 1 unspecified atom stereocenters. The molecule has 0 spiro atoms. The topological polar surface area (TPSA) is 93.4 Å². The average Bonchev–Trinajstić information content (AvgIpc) is 2.64. The highest BCUT2D eigenvalue weighted by atomic mass is 28.3. The van der Waals surface area contributed by atoms with Gasteiger partial charge >= 0.3 is 5.97 Å². The number of carboxylic acids is 1. The summed E-state index contributed by atoms with van der Waals surface area (Å²) in [5.74, 6) is 1.47. The molecule has 2 aromatic rings. The predicted molar refractivity (Wildman–Crippen MR) is 108 cm³/mol. The fourth-order valence-corrected chi connectivity index (χ4v) is 3.96. The molecule has 0 radical (unpaired) electrons. The lowest BCUT2D eigenvalue weighted by Crippen LogP contribution is -2.39. The third-order valence-corrected chi connectivity index (χ3v) is 6.33. The Bertz CT molecular complexity index is 932. The summed E-state index contributed by atoms with van der Waals surface area (Å²) in [6.07, 6.45) is 5.65. The van der Waals surface area contributed by atoms with Crippen LogP contribution in [0.15, 0.2) is 36.4 Å². The average molecular weight is 379 g/mol. The van der Waals surface area contributed by atoms with Crippen LogP contribution in [0.5, 0.6) is 0 Å². The lowest BCUT2D eigenvalue weighted by Gasteiger charge is -2.24. The number of terminal acetylenes is 1. The van der Waals surface area contributed by atoms with Gasteiger partial charge in [-0.2, -0.15) is 5.26 Å². The monoisotopic (exact) mass is 378 g/mol. The fourth-order valence-electron chi connectivity index (χ4n) is 2.77. The quantitative estimate of drug-likeness (QED) is 0.531. The number of nitrogens with one attached hydrogen (secondary N) is 1. The lowest BCUT2D eigenvalue weighted by molar-refractivity contribution is -0.138. The number of aliphatic carboxylic acids is 1. The van der Waals surface area contributed by atoms with E-state index >= 15 is 0 Å². The second-order valence-electron chi connectivity index (χ2n) is 7.26. The highest BCUT2D eigenvalue weighted by molar-refractivity contribution is 6.88. The fraction of sp³-hybridized carbons (Fsp3) is 0.238. The summed E-state index contributed by atoms with van der Waals surface area (Å²) in [7, 11) is -1.77. The SMILES string of the molecule is C#Cc1c(CO)cc([Si](C)(C)C)cc1C(Nc1ccc(C#N)cc1)C(=O)O. The van der Waals surface area contributed by atoms with E-state index in [1.54, 1.807) is 24.3 Å². The first-order valence-electron chi connectivity index (χ1n) is 8.45. The van der Waals surface area contributed by atoms with Gasteiger partial charge in [-0.1, -0.05) is 42.9 Å². The molecular weight excluding hydrogens is 356 g/mol. The van der Waals surface area contributed by atoms with Crippen LogP contribution in [0.25, 0.3) is 0 Å². The molecular formula is C21H22N2O3Si. The first-order valence-corrected chi connectivity index (χ1v) is 12.0. The van der Waals surface area contributed by atoms with Crippen LogP contribution in [0.1, 0.15) is 28.3 Å². The van der Waals surface area contributed by atoms with Crippen molar-refractivity contribution in [3.8, 4) is 18.4 Å². The summed E-state index contributed by atoms with van der Waals surface area (Å²) in [6.45, 7) is 6.18. The maximum absolute atomic E-state index is 12.0. The molecule has 2 rings (SSSR count). The van der Waals surface area contributed by atoms with Crippen molar-refractivity contribution in [3.05, 3.63) is 58.7 Å². The molecule has 2 aromatic carbocycles. The Morgan fingerprint density at radius 3 is 2.33 bits per heavy atom. The minimum atomic E-state index is -1.77. The molecule has 0 heterocycles.